The number of likely N-dealkylation sites (tertiary alicyclic amines) is 1. The maximum absolute atomic E-state index is 12.8. The molecule has 0 spiro atoms. The van der Waals surface area contributed by atoms with Crippen molar-refractivity contribution in [2.24, 2.45) is 5.92 Å². The summed E-state index contributed by atoms with van der Waals surface area (Å²) in [6.07, 6.45) is -3.45. The van der Waals surface area contributed by atoms with E-state index in [1.54, 1.807) is 23.9 Å². The first-order chi connectivity index (χ1) is 9.75. The number of halogens is 3. The summed E-state index contributed by atoms with van der Waals surface area (Å²) in [6, 6.07) is 0. The molecule has 0 amide bonds. The second kappa shape index (κ2) is 6.00. The molecular weight excluding hydrogens is 285 g/mol. The Morgan fingerprint density at radius 2 is 2.00 bits per heavy atom. The van der Waals surface area contributed by atoms with Gasteiger partial charge in [0.15, 0.2) is 0 Å². The van der Waals surface area contributed by atoms with Crippen LogP contribution in [0.4, 0.5) is 25.1 Å². The average Bonchev–Trinajstić information content (AvgIpc) is 2.37. The fraction of sp³-hybridized carbons (Fsp3) is 0.750. The quantitative estimate of drug-likeness (QED) is 0.907. The van der Waals surface area contributed by atoms with E-state index >= 15 is 0 Å². The van der Waals surface area contributed by atoms with Gasteiger partial charge in [0.2, 0.25) is 11.9 Å². The molecule has 1 aromatic heterocycles. The molecule has 2 rings (SSSR count). The second-order valence-electron chi connectivity index (χ2n) is 5.42. The molecule has 9 heteroatoms. The van der Waals surface area contributed by atoms with Crippen molar-refractivity contribution >= 4 is 11.9 Å². The Morgan fingerprint density at radius 3 is 2.62 bits per heavy atom. The molecule has 1 aliphatic rings. The standard InChI is InChI=1S/C12H19F3N6/c1-20(2)11-18-9(17-10(16)19-11)7-21-5-3-4-8(6-21)12(13,14)15/h8H,3-7H2,1-2H3,(H2,16,17,18,19). The number of rotatable bonds is 3. The number of hydrogen-bond acceptors (Lipinski definition) is 6. The van der Waals surface area contributed by atoms with Gasteiger partial charge in [0.25, 0.3) is 0 Å². The lowest BCUT2D eigenvalue weighted by Gasteiger charge is -2.33. The maximum atomic E-state index is 12.8. The van der Waals surface area contributed by atoms with Gasteiger partial charge in [-0.2, -0.15) is 28.1 Å². The SMILES string of the molecule is CN(C)c1nc(N)nc(CN2CCCC(C(F)(F)F)C2)n1. The Hall–Kier alpha value is -1.64. The number of nitrogens with two attached hydrogens (primary N) is 1. The largest absolute Gasteiger partial charge is 0.393 e. The van der Waals surface area contributed by atoms with Gasteiger partial charge < -0.3 is 10.6 Å². The molecule has 2 N–H and O–H groups in total. The molecule has 0 radical (unpaired) electrons. The Morgan fingerprint density at radius 1 is 1.29 bits per heavy atom. The first kappa shape index (κ1) is 15.7. The molecule has 1 aliphatic heterocycles. The molecule has 6 nitrogen and oxygen atoms in total. The van der Waals surface area contributed by atoms with Crippen LogP contribution in [0.5, 0.6) is 0 Å². The summed E-state index contributed by atoms with van der Waals surface area (Å²) in [6.45, 7) is 0.835. The van der Waals surface area contributed by atoms with Gasteiger partial charge in [0, 0.05) is 20.6 Å². The maximum Gasteiger partial charge on any atom is 0.393 e. The van der Waals surface area contributed by atoms with Crippen molar-refractivity contribution in [3.8, 4) is 0 Å². The zero-order valence-corrected chi connectivity index (χ0v) is 12.1. The van der Waals surface area contributed by atoms with Crippen LogP contribution in [0.25, 0.3) is 0 Å². The molecule has 21 heavy (non-hydrogen) atoms. The minimum atomic E-state index is -4.15. The van der Waals surface area contributed by atoms with Crippen LogP contribution < -0.4 is 10.6 Å². The highest BCUT2D eigenvalue weighted by atomic mass is 19.4. The third-order valence-corrected chi connectivity index (χ3v) is 3.42. The predicted octanol–water partition coefficient (Wildman–Crippen LogP) is 1.29. The van der Waals surface area contributed by atoms with Crippen LogP contribution in [-0.4, -0.2) is 53.2 Å². The molecule has 1 saturated heterocycles. The Labute approximate surface area is 121 Å². The normalized spacial score (nSPS) is 20.5. The number of piperidine rings is 1. The predicted molar refractivity (Wildman–Crippen MR) is 72.6 cm³/mol. The molecule has 118 valence electrons. The highest BCUT2D eigenvalue weighted by molar-refractivity contribution is 5.32. The minimum Gasteiger partial charge on any atom is -0.368 e. The van der Waals surface area contributed by atoms with Crippen LogP contribution in [0.1, 0.15) is 18.7 Å². The van der Waals surface area contributed by atoms with Crippen molar-refractivity contribution in [3.63, 3.8) is 0 Å². The van der Waals surface area contributed by atoms with Crippen LogP contribution in [0.2, 0.25) is 0 Å². The molecule has 2 heterocycles. The summed E-state index contributed by atoms with van der Waals surface area (Å²) in [5.74, 6) is -0.400. The summed E-state index contributed by atoms with van der Waals surface area (Å²) in [5.41, 5.74) is 5.61. The molecule has 0 bridgehead atoms. The van der Waals surface area contributed by atoms with E-state index in [1.807, 2.05) is 0 Å². The van der Waals surface area contributed by atoms with E-state index in [1.165, 1.54) is 0 Å². The summed E-state index contributed by atoms with van der Waals surface area (Å²) < 4.78 is 38.4. The van der Waals surface area contributed by atoms with Gasteiger partial charge in [-0.3, -0.25) is 4.90 Å². The van der Waals surface area contributed by atoms with Crippen molar-refractivity contribution in [1.29, 1.82) is 0 Å². The lowest BCUT2D eigenvalue weighted by Crippen LogP contribution is -2.41. The molecule has 0 aliphatic carbocycles. The topological polar surface area (TPSA) is 71.2 Å². The number of anilines is 2. The van der Waals surface area contributed by atoms with Crippen LogP contribution in [-0.2, 0) is 6.54 Å². The minimum absolute atomic E-state index is 0.0214. The molecule has 1 fully saturated rings. The van der Waals surface area contributed by atoms with Gasteiger partial charge in [-0.25, -0.2) is 0 Å². The molecule has 1 aromatic rings. The van der Waals surface area contributed by atoms with Crippen molar-refractivity contribution < 1.29 is 13.2 Å². The number of hydrogen-bond donors (Lipinski definition) is 1. The van der Waals surface area contributed by atoms with Crippen molar-refractivity contribution in [1.82, 2.24) is 19.9 Å². The van der Waals surface area contributed by atoms with E-state index < -0.39 is 12.1 Å². The van der Waals surface area contributed by atoms with Crippen molar-refractivity contribution in [2.75, 3.05) is 37.8 Å². The van der Waals surface area contributed by atoms with Gasteiger partial charge in [-0.1, -0.05) is 0 Å². The lowest BCUT2D eigenvalue weighted by molar-refractivity contribution is -0.187. The lowest BCUT2D eigenvalue weighted by atomic mass is 9.97. The highest BCUT2D eigenvalue weighted by Gasteiger charge is 2.41. The van der Waals surface area contributed by atoms with Crippen LogP contribution in [0.3, 0.4) is 0 Å². The van der Waals surface area contributed by atoms with Gasteiger partial charge in [-0.15, -0.1) is 0 Å². The van der Waals surface area contributed by atoms with Gasteiger partial charge in [0.1, 0.15) is 5.82 Å². The fourth-order valence-electron chi connectivity index (χ4n) is 2.36. The van der Waals surface area contributed by atoms with E-state index in [0.717, 1.165) is 0 Å². The van der Waals surface area contributed by atoms with E-state index in [0.29, 0.717) is 24.7 Å². The summed E-state index contributed by atoms with van der Waals surface area (Å²) >= 11 is 0. The average molecular weight is 304 g/mol. The van der Waals surface area contributed by atoms with Crippen LogP contribution in [0, 0.1) is 5.92 Å². The third-order valence-electron chi connectivity index (χ3n) is 3.42. The second-order valence-corrected chi connectivity index (χ2v) is 5.42. The number of alkyl halides is 3. The fourth-order valence-corrected chi connectivity index (χ4v) is 2.36. The van der Waals surface area contributed by atoms with Crippen molar-refractivity contribution in [3.05, 3.63) is 5.82 Å². The smallest absolute Gasteiger partial charge is 0.368 e. The third kappa shape index (κ3) is 4.16. The van der Waals surface area contributed by atoms with E-state index in [9.17, 15) is 13.2 Å². The number of nitrogens with zero attached hydrogens (tertiary/aromatic N) is 5. The first-order valence-electron chi connectivity index (χ1n) is 6.72. The highest BCUT2D eigenvalue weighted by Crippen LogP contribution is 2.33. The first-order valence-corrected chi connectivity index (χ1v) is 6.72. The Kier molecular flexibility index (Phi) is 4.50. The molecule has 0 aromatic carbocycles. The summed E-state index contributed by atoms with van der Waals surface area (Å²) in [5, 5.41) is 0. The van der Waals surface area contributed by atoms with Gasteiger partial charge >= 0.3 is 6.18 Å². The van der Waals surface area contributed by atoms with E-state index in [4.69, 9.17) is 5.73 Å². The van der Waals surface area contributed by atoms with Crippen LogP contribution in [0.15, 0.2) is 0 Å². The van der Waals surface area contributed by atoms with E-state index in [2.05, 4.69) is 15.0 Å². The van der Waals surface area contributed by atoms with E-state index in [-0.39, 0.29) is 25.5 Å². The summed E-state index contributed by atoms with van der Waals surface area (Å²) in [7, 11) is 3.53. The zero-order valence-electron chi connectivity index (χ0n) is 12.1. The molecular formula is C12H19F3N6. The molecule has 1 atom stereocenters. The van der Waals surface area contributed by atoms with Crippen molar-refractivity contribution in [2.45, 2.75) is 25.6 Å². The Bertz CT molecular complexity index is 490. The monoisotopic (exact) mass is 304 g/mol. The van der Waals surface area contributed by atoms with Gasteiger partial charge in [0.05, 0.1) is 12.5 Å². The number of aromatic nitrogens is 3. The summed E-state index contributed by atoms with van der Waals surface area (Å²) in [4.78, 5) is 15.6. The van der Waals surface area contributed by atoms with Gasteiger partial charge in [-0.05, 0) is 19.4 Å². The molecule has 1 unspecified atom stereocenters. The number of nitrogen functional groups attached to an aromatic ring is 1. The molecule has 0 saturated carbocycles. The Balaban J connectivity index is 2.07. The zero-order chi connectivity index (χ0) is 15.6. The van der Waals surface area contributed by atoms with Crippen LogP contribution >= 0.6 is 0 Å².